The lowest BCUT2D eigenvalue weighted by atomic mass is 10.0. The van der Waals surface area contributed by atoms with Crippen LogP contribution in [0.4, 0.5) is 4.79 Å². The van der Waals surface area contributed by atoms with E-state index in [0.717, 1.165) is 4.90 Å². The number of ether oxygens (including phenoxy) is 2. The Morgan fingerprint density at radius 3 is 2.29 bits per heavy atom. The van der Waals surface area contributed by atoms with E-state index in [1.54, 1.807) is 24.3 Å². The number of benzene rings is 1. The fourth-order valence-electron chi connectivity index (χ4n) is 2.66. The number of methoxy groups -OCH3 is 2. The van der Waals surface area contributed by atoms with E-state index in [1.165, 1.54) is 14.2 Å². The second kappa shape index (κ2) is 6.30. The molecule has 0 spiro atoms. The summed E-state index contributed by atoms with van der Waals surface area (Å²) in [5.41, 5.74) is 0.615. The normalized spacial score (nSPS) is 28.5. The van der Waals surface area contributed by atoms with Crippen LogP contribution in [0.3, 0.4) is 0 Å². The molecule has 1 aromatic rings. The summed E-state index contributed by atoms with van der Waals surface area (Å²) in [4.78, 5) is 13.1. The van der Waals surface area contributed by atoms with E-state index in [0.29, 0.717) is 11.3 Å². The zero-order chi connectivity index (χ0) is 15.6. The quantitative estimate of drug-likeness (QED) is 0.720. The van der Waals surface area contributed by atoms with Gasteiger partial charge in [-0.25, -0.2) is 4.79 Å². The van der Waals surface area contributed by atoms with E-state index in [-0.39, 0.29) is 0 Å². The number of aliphatic hydroxyl groups is 3. The lowest BCUT2D eigenvalue weighted by molar-refractivity contribution is 0.0178. The Morgan fingerprint density at radius 2 is 1.81 bits per heavy atom. The van der Waals surface area contributed by atoms with E-state index >= 15 is 0 Å². The fraction of sp³-hybridized carbons (Fsp3) is 0.500. The van der Waals surface area contributed by atoms with Gasteiger partial charge in [0.05, 0.1) is 32.9 Å². The van der Waals surface area contributed by atoms with Gasteiger partial charge in [0.25, 0.3) is 0 Å². The van der Waals surface area contributed by atoms with Crippen LogP contribution in [0.2, 0.25) is 0 Å². The van der Waals surface area contributed by atoms with Crippen LogP contribution in [-0.4, -0.2) is 65.4 Å². The van der Waals surface area contributed by atoms with Crippen molar-refractivity contribution in [3.05, 3.63) is 29.8 Å². The van der Waals surface area contributed by atoms with Crippen molar-refractivity contribution in [1.82, 2.24) is 4.90 Å². The second-order valence-corrected chi connectivity index (χ2v) is 4.83. The monoisotopic (exact) mass is 297 g/mol. The van der Waals surface area contributed by atoms with Gasteiger partial charge in [-0.2, -0.15) is 0 Å². The summed E-state index contributed by atoms with van der Waals surface area (Å²) in [6.45, 7) is -0.472. The van der Waals surface area contributed by atoms with Crippen LogP contribution in [0, 0.1) is 0 Å². The molecular formula is C14H19NO6. The summed E-state index contributed by atoms with van der Waals surface area (Å²) in [6.07, 6.45) is -3.18. The molecule has 1 aromatic carbocycles. The highest BCUT2D eigenvalue weighted by Gasteiger charge is 2.50. The topological polar surface area (TPSA) is 99.5 Å². The molecule has 3 N–H and O–H groups in total. The molecule has 116 valence electrons. The Morgan fingerprint density at radius 1 is 1.19 bits per heavy atom. The summed E-state index contributed by atoms with van der Waals surface area (Å²) in [5.74, 6) is 0.634. The minimum absolute atomic E-state index is 0.472. The van der Waals surface area contributed by atoms with Crippen molar-refractivity contribution in [2.45, 2.75) is 24.3 Å². The zero-order valence-electron chi connectivity index (χ0n) is 11.8. The standard InChI is InChI=1S/C14H19NO6/c1-20-9-5-3-8(4-6-9)11-13(18)12(17)10(7-16)15(11)14(19)21-2/h3-6,10-13,16-18H,7H2,1-2H3/t10-,11-,12-,13-/m1/s1. The van der Waals surface area contributed by atoms with Gasteiger partial charge in [-0.3, -0.25) is 4.90 Å². The average molecular weight is 297 g/mol. The molecule has 2 rings (SSSR count). The molecule has 0 saturated carbocycles. The van der Waals surface area contributed by atoms with Crippen molar-refractivity contribution >= 4 is 6.09 Å². The predicted octanol–water partition coefficient (Wildman–Crippen LogP) is -0.0990. The average Bonchev–Trinajstić information content (AvgIpc) is 2.78. The molecule has 21 heavy (non-hydrogen) atoms. The minimum Gasteiger partial charge on any atom is -0.497 e. The van der Waals surface area contributed by atoms with Gasteiger partial charge in [-0.15, -0.1) is 0 Å². The molecule has 4 atom stereocenters. The molecule has 0 aromatic heterocycles. The third kappa shape index (κ3) is 2.67. The maximum absolute atomic E-state index is 11.9. The number of aliphatic hydroxyl groups excluding tert-OH is 3. The Hall–Kier alpha value is -1.83. The molecule has 1 heterocycles. The van der Waals surface area contributed by atoms with E-state index < -0.39 is 37.0 Å². The molecule has 0 bridgehead atoms. The third-order valence-corrected chi connectivity index (χ3v) is 3.75. The number of carbonyl (C=O) groups is 1. The first-order valence-electron chi connectivity index (χ1n) is 6.52. The van der Waals surface area contributed by atoms with Crippen molar-refractivity contribution in [3.63, 3.8) is 0 Å². The number of hydrogen-bond donors (Lipinski definition) is 3. The smallest absolute Gasteiger partial charge is 0.410 e. The minimum atomic E-state index is -1.25. The first-order valence-corrected chi connectivity index (χ1v) is 6.52. The number of amides is 1. The number of rotatable bonds is 3. The molecule has 1 fully saturated rings. The van der Waals surface area contributed by atoms with Crippen molar-refractivity contribution in [3.8, 4) is 5.75 Å². The van der Waals surface area contributed by atoms with E-state index in [2.05, 4.69) is 4.74 Å². The van der Waals surface area contributed by atoms with E-state index in [4.69, 9.17) is 4.74 Å². The highest BCUT2D eigenvalue weighted by molar-refractivity contribution is 5.69. The van der Waals surface area contributed by atoms with Gasteiger partial charge < -0.3 is 24.8 Å². The molecule has 0 aliphatic carbocycles. The van der Waals surface area contributed by atoms with Gasteiger partial charge >= 0.3 is 6.09 Å². The van der Waals surface area contributed by atoms with Crippen LogP contribution in [0.15, 0.2) is 24.3 Å². The maximum atomic E-state index is 11.9. The summed E-state index contributed by atoms with van der Waals surface area (Å²) >= 11 is 0. The molecule has 7 heteroatoms. The van der Waals surface area contributed by atoms with Crippen LogP contribution < -0.4 is 4.74 Å². The molecule has 0 radical (unpaired) electrons. The SMILES string of the molecule is COC(=O)N1[C@H](CO)[C@@H](O)[C@H](O)[C@H]1c1ccc(OC)cc1. The zero-order valence-corrected chi connectivity index (χ0v) is 11.8. The lowest BCUT2D eigenvalue weighted by Gasteiger charge is -2.28. The van der Waals surface area contributed by atoms with Crippen LogP contribution >= 0.6 is 0 Å². The van der Waals surface area contributed by atoms with Crippen molar-refractivity contribution in [2.24, 2.45) is 0 Å². The first-order chi connectivity index (χ1) is 10.0. The van der Waals surface area contributed by atoms with Crippen molar-refractivity contribution in [2.75, 3.05) is 20.8 Å². The van der Waals surface area contributed by atoms with Gasteiger partial charge in [0.1, 0.15) is 18.0 Å². The lowest BCUT2D eigenvalue weighted by Crippen LogP contribution is -2.43. The Balaban J connectivity index is 2.39. The molecule has 7 nitrogen and oxygen atoms in total. The van der Waals surface area contributed by atoms with E-state index in [1.807, 2.05) is 0 Å². The molecule has 1 saturated heterocycles. The van der Waals surface area contributed by atoms with Crippen LogP contribution in [0.25, 0.3) is 0 Å². The highest BCUT2D eigenvalue weighted by atomic mass is 16.5. The Labute approximate surface area is 122 Å². The number of carbonyl (C=O) groups excluding carboxylic acids is 1. The highest BCUT2D eigenvalue weighted by Crippen LogP contribution is 2.37. The third-order valence-electron chi connectivity index (χ3n) is 3.75. The van der Waals surface area contributed by atoms with Gasteiger partial charge in [-0.05, 0) is 17.7 Å². The van der Waals surface area contributed by atoms with Crippen molar-refractivity contribution in [1.29, 1.82) is 0 Å². The molecular weight excluding hydrogens is 278 g/mol. The number of nitrogens with zero attached hydrogens (tertiary/aromatic N) is 1. The Kier molecular flexibility index (Phi) is 4.66. The second-order valence-electron chi connectivity index (χ2n) is 4.83. The number of likely N-dealkylation sites (tertiary alicyclic amines) is 1. The summed E-state index contributed by atoms with van der Waals surface area (Å²) in [5, 5.41) is 29.6. The summed E-state index contributed by atoms with van der Waals surface area (Å²) in [6, 6.07) is 5.05. The maximum Gasteiger partial charge on any atom is 0.410 e. The predicted molar refractivity (Wildman–Crippen MR) is 72.9 cm³/mol. The van der Waals surface area contributed by atoms with Gasteiger partial charge in [-0.1, -0.05) is 12.1 Å². The fourth-order valence-corrected chi connectivity index (χ4v) is 2.66. The van der Waals surface area contributed by atoms with Gasteiger partial charge in [0.2, 0.25) is 0 Å². The van der Waals surface area contributed by atoms with Crippen LogP contribution in [-0.2, 0) is 4.74 Å². The van der Waals surface area contributed by atoms with Crippen LogP contribution in [0.1, 0.15) is 11.6 Å². The van der Waals surface area contributed by atoms with E-state index in [9.17, 15) is 20.1 Å². The summed E-state index contributed by atoms with van der Waals surface area (Å²) < 4.78 is 9.75. The Bertz CT molecular complexity index is 491. The number of hydrogen-bond acceptors (Lipinski definition) is 6. The summed E-state index contributed by atoms with van der Waals surface area (Å²) in [7, 11) is 2.74. The molecule has 1 aliphatic rings. The van der Waals surface area contributed by atoms with Crippen molar-refractivity contribution < 1.29 is 29.6 Å². The molecule has 0 unspecified atom stereocenters. The van der Waals surface area contributed by atoms with Crippen LogP contribution in [0.5, 0.6) is 5.75 Å². The van der Waals surface area contributed by atoms with Gasteiger partial charge in [0.15, 0.2) is 0 Å². The largest absolute Gasteiger partial charge is 0.497 e. The first kappa shape index (κ1) is 15.6. The molecule has 1 aliphatic heterocycles. The molecule has 1 amide bonds. The van der Waals surface area contributed by atoms with Gasteiger partial charge in [0, 0.05) is 0 Å².